The second kappa shape index (κ2) is 33.0. The molecule has 8 amide bonds. The van der Waals surface area contributed by atoms with Crippen LogP contribution in [0, 0.1) is 11.8 Å². The Kier molecular flexibility index (Phi) is 28.2. The number of aliphatic imine (C=N–C) groups is 1. The van der Waals surface area contributed by atoms with Crippen molar-refractivity contribution in [3.8, 4) is 5.75 Å². The van der Waals surface area contributed by atoms with Gasteiger partial charge in [0, 0.05) is 19.5 Å². The van der Waals surface area contributed by atoms with Crippen LogP contribution < -0.4 is 60.2 Å². The van der Waals surface area contributed by atoms with Crippen molar-refractivity contribution in [1.29, 1.82) is 0 Å². The van der Waals surface area contributed by atoms with E-state index in [1.807, 2.05) is 0 Å². The molecule has 0 radical (unpaired) electrons. The summed E-state index contributed by atoms with van der Waals surface area (Å²) in [5.74, 6) is -9.76. The molecule has 2 rings (SSSR count). The summed E-state index contributed by atoms with van der Waals surface area (Å²) in [4.78, 5) is 138. The lowest BCUT2D eigenvalue weighted by Crippen LogP contribution is -2.60. The monoisotopic (exact) mass is 1080 g/mol. The lowest BCUT2D eigenvalue weighted by Gasteiger charge is -2.30. The predicted molar refractivity (Wildman–Crippen MR) is 277 cm³/mol. The van der Waals surface area contributed by atoms with Gasteiger partial charge in [-0.1, -0.05) is 39.8 Å². The molecule has 0 saturated carbocycles. The Morgan fingerprint density at radius 1 is 0.697 bits per heavy atom. The van der Waals surface area contributed by atoms with Gasteiger partial charge in [-0.3, -0.25) is 48.1 Å². The predicted octanol–water partition coefficient (Wildman–Crippen LogP) is -3.12. The number of carboxylic acids is 2. The Hall–Kier alpha value is -7.13. The number of carbonyl (C=O) groups is 10. The molecule has 1 saturated heterocycles. The smallest absolute Gasteiger partial charge is 0.328 e. The summed E-state index contributed by atoms with van der Waals surface area (Å²) in [5, 5.41) is 56.3. The van der Waals surface area contributed by atoms with Crippen LogP contribution in [0.2, 0.25) is 0 Å². The molecule has 1 aromatic rings. The van der Waals surface area contributed by atoms with Crippen LogP contribution in [0.4, 0.5) is 0 Å². The Morgan fingerprint density at radius 3 is 1.76 bits per heavy atom. The first-order valence-corrected chi connectivity index (χ1v) is 25.5. The Bertz CT molecular complexity index is 2160. The van der Waals surface area contributed by atoms with E-state index in [0.717, 1.165) is 0 Å². The number of unbranched alkanes of at least 4 members (excludes halogenated alkanes) is 1. The van der Waals surface area contributed by atoms with Crippen molar-refractivity contribution in [2.24, 2.45) is 39.8 Å². The van der Waals surface area contributed by atoms with Crippen molar-refractivity contribution in [3.63, 3.8) is 0 Å². The van der Waals surface area contributed by atoms with Gasteiger partial charge >= 0.3 is 11.9 Å². The molecule has 1 aliphatic rings. The number of likely N-dealkylation sites (tertiary alicyclic amines) is 1. The van der Waals surface area contributed by atoms with Crippen molar-refractivity contribution in [1.82, 2.24) is 42.1 Å². The number of aliphatic hydroxyl groups excluding tert-OH is 1. The number of aromatic hydroxyl groups is 1. The number of phenolic OH excluding ortho intramolecular Hbond substituents is 1. The fraction of sp³-hybridized carbons (Fsp3) is 0.653. The molecule has 0 aromatic heterocycles. The molecule has 0 unspecified atom stereocenters. The van der Waals surface area contributed by atoms with Gasteiger partial charge in [0.05, 0.1) is 18.7 Å². The van der Waals surface area contributed by atoms with Crippen LogP contribution in [0.25, 0.3) is 0 Å². The number of nitrogens with zero attached hydrogens (tertiary/aromatic N) is 2. The number of carbonyl (C=O) groups excluding carboxylic acids is 8. The Balaban J connectivity index is 2.36. The molecule has 0 bridgehead atoms. The summed E-state index contributed by atoms with van der Waals surface area (Å²) in [6.07, 6.45) is -0.917. The lowest BCUT2D eigenvalue weighted by atomic mass is 9.99. The van der Waals surface area contributed by atoms with Gasteiger partial charge in [0.1, 0.15) is 42.0 Å². The number of guanidine groups is 1. The van der Waals surface area contributed by atoms with Crippen LogP contribution in [0.15, 0.2) is 29.3 Å². The normalized spacial score (nSPS) is 16.3. The number of aliphatic hydroxyl groups is 1. The van der Waals surface area contributed by atoms with Crippen LogP contribution in [0.3, 0.4) is 0 Å². The first-order valence-electron chi connectivity index (χ1n) is 25.5. The number of carboxylic acid groups (broad SMARTS) is 2. The van der Waals surface area contributed by atoms with Crippen LogP contribution in [0.1, 0.15) is 111 Å². The zero-order valence-electron chi connectivity index (χ0n) is 44.0. The van der Waals surface area contributed by atoms with Crippen LogP contribution >= 0.6 is 0 Å². The third kappa shape index (κ3) is 23.6. The number of nitrogens with one attached hydrogen (secondary N) is 7. The minimum absolute atomic E-state index is 0.0166. The molecule has 426 valence electrons. The van der Waals surface area contributed by atoms with E-state index >= 15 is 0 Å². The number of benzene rings is 1. The van der Waals surface area contributed by atoms with Gasteiger partial charge in [0.15, 0.2) is 12.0 Å². The Labute approximate surface area is 442 Å². The van der Waals surface area contributed by atoms with E-state index < -0.39 is 127 Å². The van der Waals surface area contributed by atoms with Gasteiger partial charge < -0.3 is 85.5 Å². The fourth-order valence-corrected chi connectivity index (χ4v) is 8.22. The van der Waals surface area contributed by atoms with E-state index in [0.29, 0.717) is 24.8 Å². The minimum atomic E-state index is -1.67. The molecule has 19 N–H and O–H groups in total. The molecule has 1 aromatic carbocycles. The van der Waals surface area contributed by atoms with E-state index in [1.165, 1.54) is 24.0 Å². The van der Waals surface area contributed by atoms with Gasteiger partial charge in [0.2, 0.25) is 47.3 Å². The van der Waals surface area contributed by atoms with Gasteiger partial charge in [-0.2, -0.15) is 0 Å². The number of rotatable bonds is 34. The van der Waals surface area contributed by atoms with Gasteiger partial charge in [-0.15, -0.1) is 0 Å². The fourth-order valence-electron chi connectivity index (χ4n) is 8.22. The molecule has 76 heavy (non-hydrogen) atoms. The molecule has 27 heteroatoms. The average Bonchev–Trinajstić information content (AvgIpc) is 3.84. The van der Waals surface area contributed by atoms with Crippen LogP contribution in [-0.4, -0.2) is 171 Å². The number of hydrogen-bond acceptors (Lipinski definition) is 15. The standard InChI is InChI=1S/C49H81N13O14/c1-26(2)22-35(44(71)60-36(23-27(3)4)45(72)61-40(28(5)63)48(75)76)59-43(70)32(10-6-7-19-50)57-42(69)33(11-8-20-54-49(52)53)58-46(73)37-12-9-21-62(37)47(74)34(17-18-39(66)67)56-38(65)25-55-41(68)31(51)24-29-13-15-30(64)16-14-29/h13-16,26-28,31-37,40,63-64H,6-12,17-25,50-51H2,1-5H3,(H,55,68)(H,56,65)(H,57,69)(H,58,73)(H,59,70)(H,60,71)(H,61,72)(H,66,67)(H,75,76)(H4,52,53,54)/t28-,31+,32+,33+,34+,35+,36+,37+,40+/m1/s1. The molecule has 1 aliphatic heterocycles. The minimum Gasteiger partial charge on any atom is -0.508 e. The van der Waals surface area contributed by atoms with E-state index in [9.17, 15) is 68.4 Å². The van der Waals surface area contributed by atoms with Crippen LogP contribution in [-0.2, 0) is 54.4 Å². The van der Waals surface area contributed by atoms with Gasteiger partial charge in [-0.05, 0) is 114 Å². The number of hydrogen-bond donors (Lipinski definition) is 15. The third-order valence-corrected chi connectivity index (χ3v) is 12.2. The quantitative estimate of drug-likeness (QED) is 0.0184. The largest absolute Gasteiger partial charge is 0.508 e. The summed E-state index contributed by atoms with van der Waals surface area (Å²) < 4.78 is 0. The highest BCUT2D eigenvalue weighted by Gasteiger charge is 2.40. The maximum Gasteiger partial charge on any atom is 0.328 e. The van der Waals surface area contributed by atoms with Crippen molar-refractivity contribution in [3.05, 3.63) is 29.8 Å². The van der Waals surface area contributed by atoms with E-state index in [-0.39, 0.29) is 94.5 Å². The SMILES string of the molecule is CC(C)C[C@H](NC(=O)[C@H](CCCCN)NC(=O)[C@H](CCCN=C(N)N)NC(=O)[C@@H]1CCCN1C(=O)[C@H](CCC(=O)O)NC(=O)CNC(=O)[C@@H](N)Cc1ccc(O)cc1)C(=O)N[C@@H](CC(C)C)C(=O)N[C@H](C(=O)O)[C@@H](C)O. The topological polar surface area (TPSA) is 456 Å². The second-order valence-corrected chi connectivity index (χ2v) is 19.7. The average molecular weight is 1080 g/mol. The van der Waals surface area contributed by atoms with Gasteiger partial charge in [0.25, 0.3) is 0 Å². The molecule has 0 aliphatic carbocycles. The maximum absolute atomic E-state index is 14.3. The zero-order chi connectivity index (χ0) is 57.2. The van der Waals surface area contributed by atoms with E-state index in [2.05, 4.69) is 42.2 Å². The summed E-state index contributed by atoms with van der Waals surface area (Å²) in [6, 6.07) is -4.62. The summed E-state index contributed by atoms with van der Waals surface area (Å²) in [6.45, 7) is 7.97. The van der Waals surface area contributed by atoms with Crippen molar-refractivity contribution < 1.29 is 68.4 Å². The van der Waals surface area contributed by atoms with Crippen LogP contribution in [0.5, 0.6) is 5.75 Å². The number of amides is 8. The van der Waals surface area contributed by atoms with Gasteiger partial charge in [-0.25, -0.2) is 4.79 Å². The molecule has 0 spiro atoms. The molecule has 27 nitrogen and oxygen atoms in total. The highest BCUT2D eigenvalue weighted by molar-refractivity contribution is 5.98. The highest BCUT2D eigenvalue weighted by Crippen LogP contribution is 2.21. The van der Waals surface area contributed by atoms with E-state index in [1.54, 1.807) is 39.8 Å². The number of nitrogens with two attached hydrogens (primary N) is 4. The van der Waals surface area contributed by atoms with Crippen molar-refractivity contribution >= 4 is 65.2 Å². The summed E-state index contributed by atoms with van der Waals surface area (Å²) in [5.41, 5.74) is 23.4. The van der Waals surface area contributed by atoms with Crippen molar-refractivity contribution in [2.75, 3.05) is 26.2 Å². The second-order valence-electron chi connectivity index (χ2n) is 19.7. The molecule has 1 fully saturated rings. The lowest BCUT2D eigenvalue weighted by molar-refractivity contribution is -0.145. The maximum atomic E-state index is 14.3. The summed E-state index contributed by atoms with van der Waals surface area (Å²) >= 11 is 0. The molecular weight excluding hydrogens is 995 g/mol. The molecular formula is C49H81N13O14. The first-order chi connectivity index (χ1) is 35.7. The number of aliphatic carboxylic acids is 2. The summed E-state index contributed by atoms with van der Waals surface area (Å²) in [7, 11) is 0. The molecule has 1 heterocycles. The third-order valence-electron chi connectivity index (χ3n) is 12.2. The number of phenols is 1. The van der Waals surface area contributed by atoms with Crippen molar-refractivity contribution in [2.45, 2.75) is 166 Å². The zero-order valence-corrected chi connectivity index (χ0v) is 44.0. The van der Waals surface area contributed by atoms with E-state index in [4.69, 9.17) is 22.9 Å². The first kappa shape index (κ1) is 65.0. The highest BCUT2D eigenvalue weighted by atomic mass is 16.4. The molecule has 9 atom stereocenters. The Morgan fingerprint density at radius 2 is 1.24 bits per heavy atom.